The minimum absolute atomic E-state index is 0.0408. The molecule has 1 aromatic carbocycles. The van der Waals surface area contributed by atoms with Gasteiger partial charge >= 0.3 is 0 Å². The minimum atomic E-state index is -4.00. The number of hydrogen-bond acceptors (Lipinski definition) is 5. The maximum absolute atomic E-state index is 11.5. The Morgan fingerprint density at radius 2 is 2.00 bits per heavy atom. The van der Waals surface area contributed by atoms with E-state index >= 15 is 0 Å². The van der Waals surface area contributed by atoms with Crippen LogP contribution in [0.3, 0.4) is 0 Å². The zero-order valence-electron chi connectivity index (χ0n) is 10.2. The molecule has 0 saturated heterocycles. The van der Waals surface area contributed by atoms with Crippen LogP contribution in [0, 0.1) is 0 Å². The summed E-state index contributed by atoms with van der Waals surface area (Å²) in [6.45, 7) is 1.47. The highest BCUT2D eigenvalue weighted by atomic mass is 35.5. The number of nitrogens with one attached hydrogen (secondary N) is 1. The summed E-state index contributed by atoms with van der Waals surface area (Å²) in [7, 11) is -7.74. The van der Waals surface area contributed by atoms with Crippen LogP contribution in [0.15, 0.2) is 32.9 Å². The van der Waals surface area contributed by atoms with E-state index in [0.717, 1.165) is 5.41 Å². The van der Waals surface area contributed by atoms with Gasteiger partial charge in [0.15, 0.2) is 0 Å². The zero-order chi connectivity index (χ0) is 15.1. The first kappa shape index (κ1) is 15.0. The smallest absolute Gasteiger partial charge is 0.279 e. The topological polar surface area (TPSA) is 119 Å². The van der Waals surface area contributed by atoms with Crippen molar-refractivity contribution in [1.82, 2.24) is 5.32 Å². The van der Waals surface area contributed by atoms with Crippen molar-refractivity contribution in [3.05, 3.63) is 34.2 Å². The molecule has 2 rings (SSSR count). The standard InChI is InChI=1S/C10H10ClN3O4S2/c1-6-13-9(5-19(15,16)14-6)7-2-3-8(11)10(4-7)20(12,17)18/h2-5H,1H3,(H,13,14)(H2,12,17,18). The molecule has 0 fully saturated rings. The first-order chi connectivity index (χ1) is 9.08. The maximum atomic E-state index is 11.5. The second kappa shape index (κ2) is 4.85. The fraction of sp³-hybridized carbons (Fsp3) is 0.100. The van der Waals surface area contributed by atoms with E-state index in [-0.39, 0.29) is 21.5 Å². The normalized spacial score (nSPS) is 17.9. The van der Waals surface area contributed by atoms with E-state index in [1.807, 2.05) is 0 Å². The number of amidine groups is 1. The molecule has 0 bridgehead atoms. The molecule has 0 aliphatic carbocycles. The van der Waals surface area contributed by atoms with Crippen LogP contribution >= 0.6 is 11.6 Å². The first-order valence-corrected chi connectivity index (χ1v) is 8.64. The van der Waals surface area contributed by atoms with Crippen molar-refractivity contribution in [3.63, 3.8) is 0 Å². The zero-order valence-corrected chi connectivity index (χ0v) is 12.6. The fourth-order valence-electron chi connectivity index (χ4n) is 1.64. The predicted octanol–water partition coefficient (Wildman–Crippen LogP) is 0.637. The molecule has 3 N–H and O–H groups in total. The molecule has 0 saturated carbocycles. The second-order valence-corrected chi connectivity index (χ2v) is 7.42. The number of halogens is 1. The Hall–Kier alpha value is -1.42. The van der Waals surface area contributed by atoms with Crippen molar-refractivity contribution >= 4 is 43.2 Å². The number of hydrogen-bond donors (Lipinski definition) is 2. The third-order valence-corrected chi connectivity index (χ3v) is 4.85. The Bertz CT molecular complexity index is 841. The van der Waals surface area contributed by atoms with Crippen LogP contribution in [0.5, 0.6) is 0 Å². The van der Waals surface area contributed by atoms with Crippen molar-refractivity contribution in [2.24, 2.45) is 9.54 Å². The van der Waals surface area contributed by atoms with E-state index < -0.39 is 20.0 Å². The van der Waals surface area contributed by atoms with Crippen LogP contribution in [0.2, 0.25) is 5.02 Å². The third kappa shape index (κ3) is 3.18. The highest BCUT2D eigenvalue weighted by Crippen LogP contribution is 2.25. The summed E-state index contributed by atoms with van der Waals surface area (Å²) in [6, 6.07) is 4.00. The molecule has 108 valence electrons. The molecule has 0 atom stereocenters. The lowest BCUT2D eigenvalue weighted by Gasteiger charge is -2.15. The molecule has 0 aromatic heterocycles. The lowest BCUT2D eigenvalue weighted by atomic mass is 10.2. The monoisotopic (exact) mass is 335 g/mol. The Morgan fingerprint density at radius 1 is 1.35 bits per heavy atom. The van der Waals surface area contributed by atoms with Gasteiger partial charge in [0.2, 0.25) is 10.0 Å². The highest BCUT2D eigenvalue weighted by molar-refractivity contribution is 7.93. The van der Waals surface area contributed by atoms with E-state index in [9.17, 15) is 16.8 Å². The average molecular weight is 336 g/mol. The van der Waals surface area contributed by atoms with E-state index in [4.69, 9.17) is 16.7 Å². The summed E-state index contributed by atoms with van der Waals surface area (Å²) in [5.41, 5.74) is 0.510. The second-order valence-electron chi connectivity index (χ2n) is 4.04. The van der Waals surface area contributed by atoms with Crippen LogP contribution in [-0.4, -0.2) is 22.7 Å². The largest absolute Gasteiger partial charge is 0.342 e. The van der Waals surface area contributed by atoms with Crippen LogP contribution in [0.4, 0.5) is 0 Å². The number of nitrogens with two attached hydrogens (primary N) is 1. The predicted molar refractivity (Wildman–Crippen MR) is 76.0 cm³/mol. The molecule has 1 aromatic rings. The van der Waals surface area contributed by atoms with Crippen LogP contribution < -0.4 is 10.5 Å². The molecule has 1 aliphatic heterocycles. The molecule has 0 spiro atoms. The van der Waals surface area contributed by atoms with E-state index in [0.29, 0.717) is 5.56 Å². The van der Waals surface area contributed by atoms with Crippen molar-refractivity contribution < 1.29 is 16.8 Å². The molecule has 1 heterocycles. The van der Waals surface area contributed by atoms with Crippen molar-refractivity contribution in [2.75, 3.05) is 0 Å². The molecule has 20 heavy (non-hydrogen) atoms. The Kier molecular flexibility index (Phi) is 3.63. The van der Waals surface area contributed by atoms with E-state index in [1.165, 1.54) is 25.1 Å². The van der Waals surface area contributed by atoms with Gasteiger partial charge in [-0.1, -0.05) is 17.7 Å². The molecule has 0 radical (unpaired) electrons. The summed E-state index contributed by atoms with van der Waals surface area (Å²) in [5, 5.41) is 8.64. The van der Waals surface area contributed by atoms with Gasteiger partial charge in [0.1, 0.15) is 10.7 Å². The van der Waals surface area contributed by atoms with Crippen LogP contribution in [0.25, 0.3) is 5.70 Å². The molecule has 0 amide bonds. The fourth-order valence-corrected chi connectivity index (χ4v) is 3.69. The van der Waals surface area contributed by atoms with Crippen molar-refractivity contribution in [2.45, 2.75) is 11.8 Å². The lowest BCUT2D eigenvalue weighted by molar-refractivity contribution is 0.597. The molecule has 10 heteroatoms. The number of sulfonamides is 2. The summed E-state index contributed by atoms with van der Waals surface area (Å²) < 4.78 is 49.2. The van der Waals surface area contributed by atoms with Gasteiger partial charge in [-0.3, -0.25) is 0 Å². The Morgan fingerprint density at radius 3 is 2.55 bits per heavy atom. The molecular formula is C10H10ClN3O4S2. The van der Waals surface area contributed by atoms with Gasteiger partial charge in [-0.15, -0.1) is 4.40 Å². The van der Waals surface area contributed by atoms with E-state index in [1.54, 1.807) is 0 Å². The minimum Gasteiger partial charge on any atom is -0.342 e. The SMILES string of the molecule is CC1=NS(=O)(=O)C=C(c2ccc(Cl)c(S(N)(=O)=O)c2)N1. The van der Waals surface area contributed by atoms with Gasteiger partial charge in [0.25, 0.3) is 10.0 Å². The summed E-state index contributed by atoms with van der Waals surface area (Å²) >= 11 is 5.76. The van der Waals surface area contributed by atoms with Crippen molar-refractivity contribution in [3.8, 4) is 0 Å². The molecule has 7 nitrogen and oxygen atoms in total. The quantitative estimate of drug-likeness (QED) is 0.822. The van der Waals surface area contributed by atoms with Crippen LogP contribution in [0.1, 0.15) is 12.5 Å². The van der Waals surface area contributed by atoms with Gasteiger partial charge < -0.3 is 5.32 Å². The lowest BCUT2D eigenvalue weighted by Crippen LogP contribution is -2.24. The molecular weight excluding hydrogens is 326 g/mol. The summed E-state index contributed by atoms with van der Waals surface area (Å²) in [6.07, 6.45) is 0. The van der Waals surface area contributed by atoms with Gasteiger partial charge in [-0.05, 0) is 19.1 Å². The Balaban J connectivity index is 2.59. The Labute approximate surface area is 121 Å². The number of primary sulfonamides is 1. The van der Waals surface area contributed by atoms with Gasteiger partial charge in [-0.25, -0.2) is 13.6 Å². The van der Waals surface area contributed by atoms with Gasteiger partial charge in [-0.2, -0.15) is 8.42 Å². The first-order valence-electron chi connectivity index (χ1n) is 5.21. The molecule has 0 unspecified atom stereocenters. The summed E-state index contributed by atoms with van der Waals surface area (Å²) in [4.78, 5) is -0.281. The maximum Gasteiger partial charge on any atom is 0.279 e. The van der Waals surface area contributed by atoms with E-state index in [2.05, 4.69) is 9.71 Å². The average Bonchev–Trinajstić information content (AvgIpc) is 2.25. The van der Waals surface area contributed by atoms with Crippen molar-refractivity contribution in [1.29, 1.82) is 0 Å². The van der Waals surface area contributed by atoms with Gasteiger partial charge in [0, 0.05) is 5.56 Å². The molecule has 1 aliphatic rings. The number of benzene rings is 1. The summed E-state index contributed by atoms with van der Waals surface area (Å²) in [5.74, 6) is 0.176. The van der Waals surface area contributed by atoms with Crippen LogP contribution in [-0.2, 0) is 20.0 Å². The number of nitrogens with zero attached hydrogens (tertiary/aromatic N) is 1. The number of rotatable bonds is 2. The third-order valence-electron chi connectivity index (χ3n) is 2.40. The van der Waals surface area contributed by atoms with Gasteiger partial charge in [0.05, 0.1) is 16.1 Å². The highest BCUT2D eigenvalue weighted by Gasteiger charge is 2.19.